The van der Waals surface area contributed by atoms with Crippen molar-refractivity contribution in [2.24, 2.45) is 0 Å². The van der Waals surface area contributed by atoms with Gasteiger partial charge in [0.15, 0.2) is 0 Å². The number of benzene rings is 2. The number of hydrogen-bond acceptors (Lipinski definition) is 4. The molecule has 2 aromatic carbocycles. The number of ether oxygens (including phenoxy) is 1. The molecule has 2 aliphatic heterocycles. The number of anilines is 2. The van der Waals surface area contributed by atoms with Crippen molar-refractivity contribution in [1.29, 1.82) is 0 Å². The summed E-state index contributed by atoms with van der Waals surface area (Å²) in [7, 11) is 9.63. The van der Waals surface area contributed by atoms with Gasteiger partial charge in [0.25, 0.3) is 0 Å². The van der Waals surface area contributed by atoms with Crippen molar-refractivity contribution in [3.63, 3.8) is 0 Å². The molecule has 2 aromatic rings. The Morgan fingerprint density at radius 1 is 0.684 bits per heavy atom. The molecule has 2 heterocycles. The molecule has 0 spiro atoms. The van der Waals surface area contributed by atoms with E-state index in [-0.39, 0.29) is 15.9 Å². The van der Waals surface area contributed by atoms with Crippen LogP contribution in [0.3, 0.4) is 0 Å². The summed E-state index contributed by atoms with van der Waals surface area (Å²) in [5.74, 6) is 1.92. The second-order valence-corrected chi connectivity index (χ2v) is 13.2. The molecule has 4 nitrogen and oxygen atoms in total. The minimum absolute atomic E-state index is 0.106. The van der Waals surface area contributed by atoms with Crippen LogP contribution < -0.4 is 15.1 Å². The summed E-state index contributed by atoms with van der Waals surface area (Å²) < 4.78 is 5.01. The Kier molecular flexibility index (Phi) is 14.8. The molecular formula is C31H46Cl2N3OPd-. The Hall–Kier alpha value is -1.06. The van der Waals surface area contributed by atoms with Gasteiger partial charge in [-0.05, 0) is 58.3 Å². The van der Waals surface area contributed by atoms with Crippen molar-refractivity contribution < 1.29 is 20.7 Å². The van der Waals surface area contributed by atoms with E-state index >= 15 is 0 Å². The van der Waals surface area contributed by atoms with Gasteiger partial charge in [-0.25, -0.2) is 0 Å². The van der Waals surface area contributed by atoms with E-state index in [4.69, 9.17) is 23.8 Å². The van der Waals surface area contributed by atoms with E-state index in [1.165, 1.54) is 33.6 Å². The van der Waals surface area contributed by atoms with Crippen LogP contribution >= 0.6 is 19.1 Å². The van der Waals surface area contributed by atoms with Crippen LogP contribution in [0, 0.1) is 6.67 Å². The number of morpholine rings is 1. The van der Waals surface area contributed by atoms with Gasteiger partial charge in [0, 0.05) is 24.5 Å². The van der Waals surface area contributed by atoms with Crippen LogP contribution in [0.5, 0.6) is 0 Å². The molecule has 4 rings (SSSR count). The van der Waals surface area contributed by atoms with E-state index < -0.39 is 0 Å². The van der Waals surface area contributed by atoms with E-state index in [2.05, 4.69) is 126 Å². The van der Waals surface area contributed by atoms with Gasteiger partial charge in [-0.3, -0.25) is 0 Å². The van der Waals surface area contributed by atoms with Gasteiger partial charge >= 0.3 is 35.0 Å². The van der Waals surface area contributed by atoms with Crippen LogP contribution in [0.4, 0.5) is 11.4 Å². The number of halogens is 2. The number of nitrogens with zero attached hydrogens (tertiary/aromatic N) is 2. The van der Waals surface area contributed by atoms with Gasteiger partial charge in [-0.15, -0.1) is 6.67 Å². The monoisotopic (exact) mass is 652 g/mol. The molecule has 1 fully saturated rings. The van der Waals surface area contributed by atoms with Gasteiger partial charge in [0.2, 0.25) is 0 Å². The Bertz CT molecular complexity index is 871. The Morgan fingerprint density at radius 3 is 1.21 bits per heavy atom. The fraction of sp³-hybridized carbons (Fsp3) is 0.516. The van der Waals surface area contributed by atoms with E-state index in [9.17, 15) is 0 Å². The van der Waals surface area contributed by atoms with Crippen molar-refractivity contribution in [3.05, 3.63) is 77.7 Å². The van der Waals surface area contributed by atoms with Gasteiger partial charge in [-0.2, -0.15) is 0 Å². The molecule has 0 bridgehead atoms. The average molecular weight is 654 g/mol. The van der Waals surface area contributed by atoms with Crippen LogP contribution in [0.15, 0.2) is 48.8 Å². The van der Waals surface area contributed by atoms with Crippen molar-refractivity contribution >= 4 is 30.4 Å². The van der Waals surface area contributed by atoms with Crippen LogP contribution in [0.25, 0.3) is 0 Å². The van der Waals surface area contributed by atoms with Crippen molar-refractivity contribution in [2.75, 3.05) is 36.1 Å². The number of hydrogen-bond donors (Lipinski definition) is 1. The first kappa shape index (κ1) is 33.2. The maximum absolute atomic E-state index is 5.01. The predicted molar refractivity (Wildman–Crippen MR) is 163 cm³/mol. The standard InChI is InChI=1S/C27H37N2.C4H9NO.2ClH.Pd/c1-18(2)22-11-9-12-23(19(3)4)26(22)28-15-16-29(17-28)27-24(20(5)6)13-10-14-25(27)21(7)8;1-3-6-4-2-5-1;;;/h9-21H,1-8H3;5H,1-4H2;2*1H;/q-1;;;;+2/p-2. The van der Waals surface area contributed by atoms with Crippen LogP contribution in [-0.2, 0) is 20.7 Å². The van der Waals surface area contributed by atoms with E-state index in [1.54, 1.807) is 0 Å². The van der Waals surface area contributed by atoms with Crippen molar-refractivity contribution in [3.8, 4) is 0 Å². The number of nitrogens with one attached hydrogen (secondary N) is 1. The molecule has 2 aliphatic rings. The molecule has 0 saturated carbocycles. The summed E-state index contributed by atoms with van der Waals surface area (Å²) in [5, 5.41) is 3.16. The Labute approximate surface area is 248 Å². The molecule has 38 heavy (non-hydrogen) atoms. The number of para-hydroxylation sites is 2. The van der Waals surface area contributed by atoms with Gasteiger partial charge in [-0.1, -0.05) is 91.8 Å². The summed E-state index contributed by atoms with van der Waals surface area (Å²) in [5.41, 5.74) is 8.29. The zero-order valence-corrected chi connectivity index (χ0v) is 27.3. The molecule has 0 radical (unpaired) electrons. The molecule has 7 heteroatoms. The van der Waals surface area contributed by atoms with Crippen LogP contribution in [-0.4, -0.2) is 26.3 Å². The Balaban J connectivity index is 0.000000480. The summed E-state index contributed by atoms with van der Waals surface area (Å²) in [6, 6.07) is 13.5. The summed E-state index contributed by atoms with van der Waals surface area (Å²) in [4.78, 5) is 4.65. The average Bonchev–Trinajstić information content (AvgIpc) is 3.39. The molecule has 0 atom stereocenters. The minimum atomic E-state index is -0.106. The summed E-state index contributed by atoms with van der Waals surface area (Å²) >= 11 is -0.106. The third-order valence-electron chi connectivity index (χ3n) is 6.68. The molecule has 0 amide bonds. The van der Waals surface area contributed by atoms with Crippen LogP contribution in [0.2, 0.25) is 0 Å². The summed E-state index contributed by atoms with van der Waals surface area (Å²) in [6.45, 7) is 24.4. The summed E-state index contributed by atoms with van der Waals surface area (Å²) in [6.07, 6.45) is 4.43. The second kappa shape index (κ2) is 16.9. The first-order valence-corrected chi connectivity index (χ1v) is 17.6. The van der Waals surface area contributed by atoms with E-state index in [1.807, 2.05) is 0 Å². The zero-order chi connectivity index (χ0) is 28.2. The normalized spacial score (nSPS) is 15.3. The second-order valence-electron chi connectivity index (χ2n) is 10.8. The van der Waals surface area contributed by atoms with E-state index in [0.29, 0.717) is 23.7 Å². The van der Waals surface area contributed by atoms with Crippen molar-refractivity contribution in [1.82, 2.24) is 5.32 Å². The third-order valence-corrected chi connectivity index (χ3v) is 6.68. The first-order valence-electron chi connectivity index (χ1n) is 13.6. The predicted octanol–water partition coefficient (Wildman–Crippen LogP) is 9.08. The maximum atomic E-state index is 5.01. The molecule has 0 unspecified atom stereocenters. The SMILES string of the molecule is C1COCCN1.CC(C)c1cccc(C(C)C)c1N1C=CN(c2c(C(C)C)cccc2C(C)C)[CH-]1.[Cl][Pd][Cl]. The van der Waals surface area contributed by atoms with Crippen LogP contribution in [0.1, 0.15) is 101 Å². The van der Waals surface area contributed by atoms with Crippen molar-refractivity contribution in [2.45, 2.75) is 79.1 Å². The molecule has 0 aromatic heterocycles. The number of rotatable bonds is 6. The zero-order valence-electron chi connectivity index (χ0n) is 24.2. The first-order chi connectivity index (χ1) is 18.1. The quantitative estimate of drug-likeness (QED) is 0.249. The Morgan fingerprint density at radius 2 is 1.00 bits per heavy atom. The molecule has 1 N–H and O–H groups in total. The molecule has 1 saturated heterocycles. The third kappa shape index (κ3) is 9.26. The van der Waals surface area contributed by atoms with Gasteiger partial charge in [0.1, 0.15) is 0 Å². The van der Waals surface area contributed by atoms with E-state index in [0.717, 1.165) is 26.3 Å². The molecule has 0 aliphatic carbocycles. The fourth-order valence-corrected chi connectivity index (χ4v) is 4.75. The van der Waals surface area contributed by atoms with Gasteiger partial charge < -0.3 is 19.9 Å². The molecular weight excluding hydrogens is 608 g/mol. The topological polar surface area (TPSA) is 27.7 Å². The van der Waals surface area contributed by atoms with Gasteiger partial charge in [0.05, 0.1) is 13.2 Å². The molecule has 216 valence electrons. The fourth-order valence-electron chi connectivity index (χ4n) is 4.75.